The van der Waals surface area contributed by atoms with E-state index in [9.17, 15) is 13.2 Å². The van der Waals surface area contributed by atoms with Crippen molar-refractivity contribution in [2.45, 2.75) is 22.4 Å². The van der Waals surface area contributed by atoms with Gasteiger partial charge in [-0.15, -0.1) is 0 Å². The smallest absolute Gasteiger partial charge is 0.256 e. The summed E-state index contributed by atoms with van der Waals surface area (Å²) in [5.74, 6) is -0.120. The van der Waals surface area contributed by atoms with Gasteiger partial charge in [0.2, 0.25) is 3.79 Å². The normalized spacial score (nSPS) is 21.2. The van der Waals surface area contributed by atoms with E-state index >= 15 is 0 Å². The fraction of sp³-hybridized carbons (Fsp3) is 0.500. The minimum atomic E-state index is -3.10. The number of alkyl halides is 3. The van der Waals surface area contributed by atoms with Crippen LogP contribution in [0.2, 0.25) is 0 Å². The van der Waals surface area contributed by atoms with E-state index in [1.165, 1.54) is 7.11 Å². The molecule has 6 nitrogen and oxygen atoms in total. The molecule has 2 N–H and O–H groups in total. The van der Waals surface area contributed by atoms with Gasteiger partial charge in [-0.3, -0.25) is 10.1 Å². The van der Waals surface area contributed by atoms with Crippen molar-refractivity contribution in [2.24, 2.45) is 0 Å². The monoisotopic (exact) mass is 414 g/mol. The van der Waals surface area contributed by atoms with Crippen molar-refractivity contribution < 1.29 is 17.9 Å². The summed E-state index contributed by atoms with van der Waals surface area (Å²) < 4.78 is 26.4. The predicted molar refractivity (Wildman–Crippen MR) is 94.7 cm³/mol. The quantitative estimate of drug-likeness (QED) is 0.567. The molecule has 2 atom stereocenters. The minimum absolute atomic E-state index is 0.0607. The molecule has 1 amide bonds. The van der Waals surface area contributed by atoms with Crippen molar-refractivity contribution in [2.75, 3.05) is 18.6 Å². The van der Waals surface area contributed by atoms with Gasteiger partial charge in [0.15, 0.2) is 9.84 Å². The lowest BCUT2D eigenvalue weighted by molar-refractivity contribution is 0.0924. The SMILES string of the molecule is COc1ccccc1C(=O)NC(NC1CCS(=O)(=O)C1)C(Cl)(Cl)Cl. The van der Waals surface area contributed by atoms with Crippen LogP contribution in [0.4, 0.5) is 0 Å². The first kappa shape index (κ1) is 19.6. The molecule has 1 fully saturated rings. The first-order chi connectivity index (χ1) is 11.1. The minimum Gasteiger partial charge on any atom is -0.496 e. The lowest BCUT2D eigenvalue weighted by Gasteiger charge is -2.29. The first-order valence-corrected chi connectivity index (χ1v) is 10.0. The van der Waals surface area contributed by atoms with Crippen LogP contribution >= 0.6 is 34.8 Å². The maximum Gasteiger partial charge on any atom is 0.256 e. The van der Waals surface area contributed by atoms with Crippen LogP contribution in [-0.2, 0) is 9.84 Å². The van der Waals surface area contributed by atoms with Crippen molar-refractivity contribution in [3.63, 3.8) is 0 Å². The van der Waals surface area contributed by atoms with Gasteiger partial charge in [-0.05, 0) is 18.6 Å². The Labute approximate surface area is 155 Å². The van der Waals surface area contributed by atoms with Crippen LogP contribution in [0.1, 0.15) is 16.8 Å². The highest BCUT2D eigenvalue weighted by Crippen LogP contribution is 2.30. The number of halogens is 3. The second kappa shape index (κ2) is 7.66. The molecule has 1 aromatic rings. The van der Waals surface area contributed by atoms with E-state index in [1.807, 2.05) is 0 Å². The molecule has 1 saturated heterocycles. The van der Waals surface area contributed by atoms with E-state index in [-0.39, 0.29) is 17.1 Å². The fourth-order valence-electron chi connectivity index (χ4n) is 2.42. The van der Waals surface area contributed by atoms with E-state index in [0.717, 1.165) is 0 Å². The largest absolute Gasteiger partial charge is 0.496 e. The number of amides is 1. The molecule has 2 rings (SSSR count). The Bertz CT molecular complexity index is 706. The van der Waals surface area contributed by atoms with Gasteiger partial charge in [0.1, 0.15) is 11.9 Å². The van der Waals surface area contributed by atoms with Gasteiger partial charge < -0.3 is 10.1 Å². The molecule has 10 heteroatoms. The van der Waals surface area contributed by atoms with Crippen LogP contribution in [0.15, 0.2) is 24.3 Å². The zero-order valence-electron chi connectivity index (χ0n) is 12.8. The average Bonchev–Trinajstić information content (AvgIpc) is 2.84. The van der Waals surface area contributed by atoms with Crippen LogP contribution in [0.25, 0.3) is 0 Å². The molecule has 0 spiro atoms. The van der Waals surface area contributed by atoms with Crippen molar-refractivity contribution in [3.05, 3.63) is 29.8 Å². The number of nitrogens with one attached hydrogen (secondary N) is 2. The Balaban J connectivity index is 2.13. The number of benzene rings is 1. The molecule has 0 aromatic heterocycles. The summed E-state index contributed by atoms with van der Waals surface area (Å²) in [6.45, 7) is 0. The highest BCUT2D eigenvalue weighted by atomic mass is 35.6. The second-order valence-electron chi connectivity index (χ2n) is 5.41. The molecule has 2 unspecified atom stereocenters. The Morgan fingerprint density at radius 3 is 2.54 bits per heavy atom. The Morgan fingerprint density at radius 1 is 1.33 bits per heavy atom. The van der Waals surface area contributed by atoms with Crippen LogP contribution in [-0.4, -0.2) is 48.9 Å². The van der Waals surface area contributed by atoms with Crippen molar-refractivity contribution in [1.29, 1.82) is 0 Å². The van der Waals surface area contributed by atoms with Crippen LogP contribution in [0, 0.1) is 0 Å². The highest BCUT2D eigenvalue weighted by Gasteiger charge is 2.38. The fourth-order valence-corrected chi connectivity index (χ4v) is 4.46. The maximum atomic E-state index is 12.5. The van der Waals surface area contributed by atoms with E-state index in [0.29, 0.717) is 12.2 Å². The third-order valence-electron chi connectivity index (χ3n) is 3.59. The molecule has 1 heterocycles. The Kier molecular flexibility index (Phi) is 6.25. The molecule has 1 aromatic carbocycles. The van der Waals surface area contributed by atoms with Crippen molar-refractivity contribution >= 4 is 50.5 Å². The zero-order chi connectivity index (χ0) is 18.0. The average molecular weight is 416 g/mol. The summed E-state index contributed by atoms with van der Waals surface area (Å²) in [6, 6.07) is 6.22. The van der Waals surface area contributed by atoms with Crippen molar-refractivity contribution in [1.82, 2.24) is 10.6 Å². The topological polar surface area (TPSA) is 84.5 Å². The lowest BCUT2D eigenvalue weighted by atomic mass is 10.2. The summed E-state index contributed by atoms with van der Waals surface area (Å²) in [7, 11) is -1.66. The summed E-state index contributed by atoms with van der Waals surface area (Å²) in [5, 5.41) is 5.48. The van der Waals surface area contributed by atoms with Gasteiger partial charge in [-0.25, -0.2) is 8.42 Å². The number of methoxy groups -OCH3 is 1. The van der Waals surface area contributed by atoms with Gasteiger partial charge >= 0.3 is 0 Å². The highest BCUT2D eigenvalue weighted by molar-refractivity contribution is 7.91. The number of para-hydroxylation sites is 1. The zero-order valence-corrected chi connectivity index (χ0v) is 15.8. The molecule has 1 aliphatic rings. The Morgan fingerprint density at radius 2 is 2.00 bits per heavy atom. The number of rotatable bonds is 5. The van der Waals surface area contributed by atoms with E-state index in [1.54, 1.807) is 24.3 Å². The molecule has 0 bridgehead atoms. The van der Waals surface area contributed by atoms with Crippen LogP contribution < -0.4 is 15.4 Å². The van der Waals surface area contributed by atoms with E-state index < -0.39 is 31.7 Å². The third kappa shape index (κ3) is 5.13. The van der Waals surface area contributed by atoms with Gasteiger partial charge in [-0.2, -0.15) is 0 Å². The molecule has 24 heavy (non-hydrogen) atoms. The van der Waals surface area contributed by atoms with E-state index in [4.69, 9.17) is 39.5 Å². The Hall–Kier alpha value is -0.730. The number of hydrogen-bond acceptors (Lipinski definition) is 5. The number of carbonyl (C=O) groups excluding carboxylic acids is 1. The van der Waals surface area contributed by atoms with Gasteiger partial charge in [-0.1, -0.05) is 46.9 Å². The third-order valence-corrected chi connectivity index (χ3v) is 6.01. The molecule has 0 aliphatic carbocycles. The molecular weight excluding hydrogens is 399 g/mol. The second-order valence-corrected chi connectivity index (χ2v) is 10.0. The van der Waals surface area contributed by atoms with Gasteiger partial charge in [0.25, 0.3) is 5.91 Å². The summed E-state index contributed by atoms with van der Waals surface area (Å²) in [6.07, 6.45) is -0.664. The van der Waals surface area contributed by atoms with Crippen molar-refractivity contribution in [3.8, 4) is 5.75 Å². The predicted octanol–water partition coefficient (Wildman–Crippen LogP) is 1.90. The van der Waals surface area contributed by atoms with Crippen LogP contribution in [0.5, 0.6) is 5.75 Å². The van der Waals surface area contributed by atoms with Gasteiger partial charge in [0.05, 0.1) is 24.2 Å². The molecule has 1 aliphatic heterocycles. The molecule has 0 saturated carbocycles. The summed E-state index contributed by atoms with van der Waals surface area (Å²) in [4.78, 5) is 12.5. The first-order valence-electron chi connectivity index (χ1n) is 7.09. The summed E-state index contributed by atoms with van der Waals surface area (Å²) in [5.41, 5.74) is 0.278. The number of carbonyl (C=O) groups is 1. The molecular formula is C14H17Cl3N2O4S. The standard InChI is InChI=1S/C14H17Cl3N2O4S/c1-23-11-5-3-2-4-10(11)12(20)19-13(14(15,16)17)18-9-6-7-24(21,22)8-9/h2-5,9,13,18H,6-8H2,1H3,(H,19,20). The van der Waals surface area contributed by atoms with Gasteiger partial charge in [0, 0.05) is 6.04 Å². The molecule has 0 radical (unpaired) electrons. The number of sulfone groups is 1. The molecule has 134 valence electrons. The number of ether oxygens (including phenoxy) is 1. The van der Waals surface area contributed by atoms with Crippen LogP contribution in [0.3, 0.4) is 0 Å². The number of hydrogen-bond donors (Lipinski definition) is 2. The maximum absolute atomic E-state index is 12.5. The van der Waals surface area contributed by atoms with E-state index in [2.05, 4.69) is 10.6 Å². The lowest BCUT2D eigenvalue weighted by Crippen LogP contribution is -2.56. The summed E-state index contributed by atoms with van der Waals surface area (Å²) >= 11 is 17.8.